The van der Waals surface area contributed by atoms with Gasteiger partial charge in [-0.25, -0.2) is 22.0 Å². The lowest BCUT2D eigenvalue weighted by atomic mass is 10.1. The molecule has 0 aliphatic rings. The van der Waals surface area contributed by atoms with Crippen LogP contribution in [0.4, 0.5) is 14.5 Å². The Labute approximate surface area is 181 Å². The molecule has 0 saturated carbocycles. The highest BCUT2D eigenvalue weighted by Gasteiger charge is 2.26. The SMILES string of the molecule is CCCCN(CCCC)c1cc(C(=O)O)cc(S(C)(=O)=O)c1Oc1cc(F)cc(F)c1. The van der Waals surface area contributed by atoms with Gasteiger partial charge in [0.2, 0.25) is 0 Å². The first-order valence-corrected chi connectivity index (χ1v) is 12.0. The first-order valence-electron chi connectivity index (χ1n) is 10.1. The first kappa shape index (κ1) is 24.6. The molecule has 0 fully saturated rings. The van der Waals surface area contributed by atoms with Gasteiger partial charge in [0.15, 0.2) is 15.6 Å². The summed E-state index contributed by atoms with van der Waals surface area (Å²) in [4.78, 5) is 13.2. The van der Waals surface area contributed by atoms with Gasteiger partial charge in [-0.05, 0) is 25.0 Å². The minimum Gasteiger partial charge on any atom is -0.478 e. The molecular weight excluding hydrogens is 428 g/mol. The van der Waals surface area contributed by atoms with Crippen LogP contribution in [0.15, 0.2) is 35.2 Å². The number of hydrogen-bond acceptors (Lipinski definition) is 5. The van der Waals surface area contributed by atoms with Gasteiger partial charge in [-0.15, -0.1) is 0 Å². The molecule has 2 aromatic rings. The van der Waals surface area contributed by atoms with Crippen LogP contribution in [0.5, 0.6) is 11.5 Å². The average molecular weight is 456 g/mol. The molecule has 0 radical (unpaired) electrons. The number of hydrogen-bond donors (Lipinski definition) is 1. The zero-order chi connectivity index (χ0) is 23.2. The number of halogens is 2. The Morgan fingerprint density at radius 2 is 1.55 bits per heavy atom. The predicted octanol–water partition coefficient (Wildman–Crippen LogP) is 5.27. The Kier molecular flexibility index (Phi) is 8.38. The largest absolute Gasteiger partial charge is 0.478 e. The molecule has 0 aromatic heterocycles. The van der Waals surface area contributed by atoms with Crippen molar-refractivity contribution in [2.24, 2.45) is 0 Å². The van der Waals surface area contributed by atoms with Crippen LogP contribution in [0.3, 0.4) is 0 Å². The minimum atomic E-state index is -3.93. The maximum absolute atomic E-state index is 13.7. The van der Waals surface area contributed by atoms with Gasteiger partial charge in [-0.1, -0.05) is 26.7 Å². The standard InChI is InChI=1S/C22H27F2NO5S/c1-4-6-8-25(9-7-5-2)19-10-15(22(26)27)11-20(31(3,28)29)21(19)30-18-13-16(23)12-17(24)14-18/h10-14H,4-9H2,1-3H3,(H,26,27). The third-order valence-corrected chi connectivity index (χ3v) is 5.74. The number of carbonyl (C=O) groups is 1. The molecule has 0 heterocycles. The summed E-state index contributed by atoms with van der Waals surface area (Å²) < 4.78 is 58.1. The highest BCUT2D eigenvalue weighted by Crippen LogP contribution is 2.40. The molecular formula is C22H27F2NO5S. The van der Waals surface area contributed by atoms with Crippen molar-refractivity contribution >= 4 is 21.5 Å². The Hall–Kier alpha value is -2.68. The maximum atomic E-state index is 13.7. The van der Waals surface area contributed by atoms with Crippen molar-refractivity contribution in [2.75, 3.05) is 24.2 Å². The van der Waals surface area contributed by atoms with Gasteiger partial charge in [-0.3, -0.25) is 0 Å². The van der Waals surface area contributed by atoms with Crippen LogP contribution in [0.2, 0.25) is 0 Å². The fourth-order valence-electron chi connectivity index (χ4n) is 3.08. The smallest absolute Gasteiger partial charge is 0.335 e. The van der Waals surface area contributed by atoms with E-state index < -0.39 is 27.4 Å². The van der Waals surface area contributed by atoms with Crippen LogP contribution >= 0.6 is 0 Å². The highest BCUT2D eigenvalue weighted by atomic mass is 32.2. The van der Waals surface area contributed by atoms with E-state index in [4.69, 9.17) is 4.74 Å². The maximum Gasteiger partial charge on any atom is 0.335 e. The van der Waals surface area contributed by atoms with E-state index in [-0.39, 0.29) is 27.6 Å². The number of ether oxygens (including phenoxy) is 1. The molecule has 0 atom stereocenters. The quantitative estimate of drug-likeness (QED) is 0.497. The number of benzene rings is 2. The fourth-order valence-corrected chi connectivity index (χ4v) is 3.90. The molecule has 2 rings (SSSR count). The van der Waals surface area contributed by atoms with E-state index in [2.05, 4.69) is 0 Å². The Morgan fingerprint density at radius 3 is 2.00 bits per heavy atom. The van der Waals surface area contributed by atoms with Gasteiger partial charge in [-0.2, -0.15) is 0 Å². The molecule has 0 aliphatic heterocycles. The highest BCUT2D eigenvalue weighted by molar-refractivity contribution is 7.90. The summed E-state index contributed by atoms with van der Waals surface area (Å²) in [5.41, 5.74) is 0.0399. The lowest BCUT2D eigenvalue weighted by molar-refractivity contribution is 0.0696. The lowest BCUT2D eigenvalue weighted by Gasteiger charge is -2.28. The third kappa shape index (κ3) is 6.65. The van der Waals surface area contributed by atoms with E-state index in [1.54, 1.807) is 0 Å². The van der Waals surface area contributed by atoms with Crippen molar-refractivity contribution in [1.29, 1.82) is 0 Å². The zero-order valence-corrected chi connectivity index (χ0v) is 18.6. The Morgan fingerprint density at radius 1 is 1.00 bits per heavy atom. The Bertz CT molecular complexity index is 1010. The molecule has 170 valence electrons. The van der Waals surface area contributed by atoms with Crippen molar-refractivity contribution in [3.63, 3.8) is 0 Å². The van der Waals surface area contributed by atoms with Gasteiger partial charge in [0.1, 0.15) is 22.3 Å². The van der Waals surface area contributed by atoms with Crippen molar-refractivity contribution in [2.45, 2.75) is 44.4 Å². The number of rotatable bonds is 11. The molecule has 31 heavy (non-hydrogen) atoms. The van der Waals surface area contributed by atoms with Crippen molar-refractivity contribution in [1.82, 2.24) is 0 Å². The normalized spacial score (nSPS) is 11.4. The van der Waals surface area contributed by atoms with Crippen molar-refractivity contribution < 1.29 is 31.8 Å². The van der Waals surface area contributed by atoms with Crippen LogP contribution in [0.1, 0.15) is 49.9 Å². The summed E-state index contributed by atoms with van der Waals surface area (Å²) in [6, 6.07) is 4.89. The number of carboxylic acids is 1. The second-order valence-corrected chi connectivity index (χ2v) is 9.29. The first-order chi connectivity index (χ1) is 14.6. The van der Waals surface area contributed by atoms with Crippen LogP contribution in [0.25, 0.3) is 0 Å². The van der Waals surface area contributed by atoms with E-state index in [0.29, 0.717) is 19.2 Å². The van der Waals surface area contributed by atoms with Gasteiger partial charge >= 0.3 is 5.97 Å². The van der Waals surface area contributed by atoms with Crippen LogP contribution in [0, 0.1) is 11.6 Å². The summed E-state index contributed by atoms with van der Waals surface area (Å²) in [6.45, 7) is 5.08. The lowest BCUT2D eigenvalue weighted by Crippen LogP contribution is -2.27. The third-order valence-electron chi connectivity index (χ3n) is 4.64. The minimum absolute atomic E-state index is 0.148. The molecule has 1 N–H and O–H groups in total. The van der Waals surface area contributed by atoms with E-state index in [1.165, 1.54) is 6.07 Å². The van der Waals surface area contributed by atoms with E-state index in [1.807, 2.05) is 18.7 Å². The van der Waals surface area contributed by atoms with Gasteiger partial charge in [0.05, 0.1) is 11.3 Å². The van der Waals surface area contributed by atoms with Gasteiger partial charge < -0.3 is 14.7 Å². The van der Waals surface area contributed by atoms with Crippen LogP contribution < -0.4 is 9.64 Å². The monoisotopic (exact) mass is 455 g/mol. The summed E-state index contributed by atoms with van der Waals surface area (Å²) >= 11 is 0. The molecule has 6 nitrogen and oxygen atoms in total. The number of carboxylic acid groups (broad SMARTS) is 1. The summed E-state index contributed by atoms with van der Waals surface area (Å²) in [6.07, 6.45) is 4.22. The van der Waals surface area contributed by atoms with Gasteiger partial charge in [0.25, 0.3) is 0 Å². The average Bonchev–Trinajstić information content (AvgIpc) is 2.66. The molecule has 0 aliphatic carbocycles. The summed E-state index contributed by atoms with van der Waals surface area (Å²) in [5.74, 6) is -3.43. The molecule has 0 saturated heterocycles. The molecule has 0 spiro atoms. The number of unbranched alkanes of at least 4 members (excludes halogenated alkanes) is 2. The van der Waals surface area contributed by atoms with E-state index >= 15 is 0 Å². The van der Waals surface area contributed by atoms with Crippen LogP contribution in [-0.2, 0) is 9.84 Å². The van der Waals surface area contributed by atoms with E-state index in [9.17, 15) is 27.1 Å². The topological polar surface area (TPSA) is 83.9 Å². The Balaban J connectivity index is 2.76. The van der Waals surface area contributed by atoms with E-state index in [0.717, 1.165) is 50.1 Å². The number of anilines is 1. The zero-order valence-electron chi connectivity index (χ0n) is 17.8. The van der Waals surface area contributed by atoms with Crippen molar-refractivity contribution in [3.05, 3.63) is 47.5 Å². The van der Waals surface area contributed by atoms with Crippen LogP contribution in [-0.4, -0.2) is 38.8 Å². The summed E-state index contributed by atoms with van der Waals surface area (Å²) in [7, 11) is -3.93. The number of sulfone groups is 1. The molecule has 0 amide bonds. The molecule has 0 unspecified atom stereocenters. The number of aromatic carboxylic acids is 1. The second-order valence-electron chi connectivity index (χ2n) is 7.30. The molecule has 2 aromatic carbocycles. The van der Waals surface area contributed by atoms with Crippen molar-refractivity contribution in [3.8, 4) is 11.5 Å². The fraction of sp³-hybridized carbons (Fsp3) is 0.409. The number of nitrogens with zero attached hydrogens (tertiary/aromatic N) is 1. The second kappa shape index (κ2) is 10.6. The predicted molar refractivity (Wildman–Crippen MR) is 115 cm³/mol. The molecule has 0 bridgehead atoms. The summed E-state index contributed by atoms with van der Waals surface area (Å²) in [5, 5.41) is 9.53. The molecule has 9 heteroatoms. The van der Waals surface area contributed by atoms with Gasteiger partial charge in [0, 0.05) is 37.5 Å².